The Bertz CT molecular complexity index is 943. The molecule has 0 saturated carbocycles. The molecular weight excluding hydrogens is 472 g/mol. The van der Waals surface area contributed by atoms with Crippen LogP contribution >= 0.6 is 0 Å². The summed E-state index contributed by atoms with van der Waals surface area (Å²) in [7, 11) is 3.97. The lowest BCUT2D eigenvalue weighted by Gasteiger charge is -2.21. The van der Waals surface area contributed by atoms with Crippen molar-refractivity contribution >= 4 is 29.0 Å². The molecule has 37 heavy (non-hydrogen) atoms. The van der Waals surface area contributed by atoms with Crippen molar-refractivity contribution < 1.29 is 24.2 Å². The van der Waals surface area contributed by atoms with E-state index in [1.54, 1.807) is 0 Å². The quantitative estimate of drug-likeness (QED) is 0.251. The largest absolute Gasteiger partial charge is 0.489 e. The van der Waals surface area contributed by atoms with E-state index in [0.717, 1.165) is 48.3 Å². The van der Waals surface area contributed by atoms with Gasteiger partial charge < -0.3 is 30.7 Å². The summed E-state index contributed by atoms with van der Waals surface area (Å²) in [6, 6.07) is 6.04. The molecule has 0 unspecified atom stereocenters. The summed E-state index contributed by atoms with van der Waals surface area (Å²) in [6.45, 7) is 5.57. The van der Waals surface area contributed by atoms with E-state index >= 15 is 0 Å². The number of nitrogens with zero attached hydrogens (tertiary/aromatic N) is 1. The Morgan fingerprint density at radius 3 is 2.24 bits per heavy atom. The van der Waals surface area contributed by atoms with Crippen molar-refractivity contribution in [3.05, 3.63) is 29.8 Å². The number of ether oxygens (including phenoxy) is 1. The maximum atomic E-state index is 12.4. The number of rotatable bonds is 16. The summed E-state index contributed by atoms with van der Waals surface area (Å²) < 4.78 is 5.75. The number of aliphatic hydroxyl groups excluding tert-OH is 1. The number of benzene rings is 1. The Morgan fingerprint density at radius 2 is 1.59 bits per heavy atom. The maximum absolute atomic E-state index is 12.4. The summed E-state index contributed by atoms with van der Waals surface area (Å²) in [5, 5.41) is 17.8. The first kappa shape index (κ1) is 30.2. The zero-order valence-corrected chi connectivity index (χ0v) is 22.8. The molecule has 0 fully saturated rings. The van der Waals surface area contributed by atoms with Crippen LogP contribution in [-0.4, -0.2) is 69.8 Å². The van der Waals surface area contributed by atoms with Gasteiger partial charge in [0.15, 0.2) is 0 Å². The minimum atomic E-state index is -0.458. The molecule has 0 aliphatic carbocycles. The van der Waals surface area contributed by atoms with Crippen molar-refractivity contribution in [3.8, 4) is 5.75 Å². The third kappa shape index (κ3) is 11.2. The Hall–Kier alpha value is -3.07. The van der Waals surface area contributed by atoms with Crippen LogP contribution in [0, 0.1) is 5.41 Å². The van der Waals surface area contributed by atoms with Crippen molar-refractivity contribution in [1.29, 1.82) is 0 Å². The van der Waals surface area contributed by atoms with Crippen molar-refractivity contribution in [1.82, 2.24) is 16.0 Å². The first-order valence-corrected chi connectivity index (χ1v) is 13.2. The molecule has 0 spiro atoms. The van der Waals surface area contributed by atoms with Crippen LogP contribution in [0.15, 0.2) is 24.3 Å². The number of fused-ring (bicyclic) bond motifs is 1. The average molecular weight is 517 g/mol. The lowest BCUT2D eigenvalue weighted by molar-refractivity contribution is -0.124. The van der Waals surface area contributed by atoms with E-state index in [4.69, 9.17) is 4.74 Å². The number of aliphatic hydroxyl groups is 1. The van der Waals surface area contributed by atoms with Gasteiger partial charge in [0.05, 0.1) is 6.42 Å². The highest BCUT2D eigenvalue weighted by molar-refractivity contribution is 5.90. The first-order chi connectivity index (χ1) is 17.6. The van der Waals surface area contributed by atoms with Gasteiger partial charge in [-0.05, 0) is 42.0 Å². The van der Waals surface area contributed by atoms with Gasteiger partial charge in [-0.1, -0.05) is 26.7 Å². The maximum Gasteiger partial charge on any atom is 0.224 e. The van der Waals surface area contributed by atoms with Gasteiger partial charge in [0, 0.05) is 70.5 Å². The number of hydrogen-bond donors (Lipinski definition) is 4. The second kappa shape index (κ2) is 15.2. The molecule has 0 atom stereocenters. The Labute approximate surface area is 221 Å². The van der Waals surface area contributed by atoms with Gasteiger partial charge in [-0.15, -0.1) is 0 Å². The second-order valence-electron chi connectivity index (χ2n) is 10.5. The third-order valence-corrected chi connectivity index (χ3v) is 6.24. The number of hydrogen-bond acceptors (Lipinski definition) is 6. The van der Waals surface area contributed by atoms with E-state index in [-0.39, 0.29) is 37.2 Å². The molecule has 9 heteroatoms. The highest BCUT2D eigenvalue weighted by Gasteiger charge is 2.21. The fourth-order valence-corrected chi connectivity index (χ4v) is 3.93. The molecular formula is C28H44N4O5. The zero-order chi connectivity index (χ0) is 27.3. The van der Waals surface area contributed by atoms with Crippen LogP contribution in [0.3, 0.4) is 0 Å². The molecule has 9 nitrogen and oxygen atoms in total. The summed E-state index contributed by atoms with van der Waals surface area (Å²) in [4.78, 5) is 38.2. The minimum Gasteiger partial charge on any atom is -0.489 e. The zero-order valence-electron chi connectivity index (χ0n) is 22.8. The molecule has 0 bridgehead atoms. The van der Waals surface area contributed by atoms with Crippen molar-refractivity contribution in [2.24, 2.45) is 5.41 Å². The van der Waals surface area contributed by atoms with Crippen molar-refractivity contribution in [2.45, 2.75) is 58.8 Å². The molecule has 0 aromatic heterocycles. The lowest BCUT2D eigenvalue weighted by atomic mass is 9.90. The molecule has 4 N–H and O–H groups in total. The van der Waals surface area contributed by atoms with E-state index < -0.39 is 5.41 Å². The Balaban J connectivity index is 1.51. The average Bonchev–Trinajstić information content (AvgIpc) is 2.85. The van der Waals surface area contributed by atoms with Gasteiger partial charge >= 0.3 is 0 Å². The van der Waals surface area contributed by atoms with E-state index in [2.05, 4.69) is 16.0 Å². The van der Waals surface area contributed by atoms with Gasteiger partial charge in [0.1, 0.15) is 12.4 Å². The molecule has 1 heterocycles. The van der Waals surface area contributed by atoms with E-state index in [1.165, 1.54) is 0 Å². The first-order valence-electron chi connectivity index (χ1n) is 13.2. The van der Waals surface area contributed by atoms with Crippen LogP contribution in [0.5, 0.6) is 5.75 Å². The molecule has 3 amide bonds. The normalized spacial score (nSPS) is 12.6. The predicted octanol–water partition coefficient (Wildman–Crippen LogP) is 2.63. The second-order valence-corrected chi connectivity index (χ2v) is 10.5. The number of carbonyl (C=O) groups is 3. The molecule has 1 aromatic rings. The van der Waals surface area contributed by atoms with Crippen LogP contribution in [0.2, 0.25) is 0 Å². The van der Waals surface area contributed by atoms with Gasteiger partial charge in [-0.2, -0.15) is 0 Å². The monoisotopic (exact) mass is 516 g/mol. The van der Waals surface area contributed by atoms with Crippen LogP contribution in [0.4, 0.5) is 5.69 Å². The van der Waals surface area contributed by atoms with E-state index in [0.29, 0.717) is 32.7 Å². The van der Waals surface area contributed by atoms with E-state index in [1.807, 2.05) is 57.1 Å². The molecule has 0 radical (unpaired) electrons. The summed E-state index contributed by atoms with van der Waals surface area (Å²) in [5.74, 6) is 0.577. The summed E-state index contributed by atoms with van der Waals surface area (Å²) >= 11 is 0. The number of nitrogens with one attached hydrogen (secondary N) is 3. The fourth-order valence-electron chi connectivity index (χ4n) is 3.93. The molecule has 1 aromatic carbocycles. The Kier molecular flexibility index (Phi) is 12.4. The topological polar surface area (TPSA) is 120 Å². The van der Waals surface area contributed by atoms with Crippen molar-refractivity contribution in [2.75, 3.05) is 51.8 Å². The van der Waals surface area contributed by atoms with Crippen LogP contribution in [0.1, 0.15) is 64.4 Å². The number of unbranched alkanes of at least 4 members (excludes halogenated alkanes) is 3. The minimum absolute atomic E-state index is 0.00932. The van der Waals surface area contributed by atoms with Crippen molar-refractivity contribution in [3.63, 3.8) is 0 Å². The highest BCUT2D eigenvalue weighted by atomic mass is 16.5. The molecule has 206 valence electrons. The predicted molar refractivity (Wildman–Crippen MR) is 146 cm³/mol. The fraction of sp³-hybridized carbons (Fsp3) is 0.607. The van der Waals surface area contributed by atoms with E-state index in [9.17, 15) is 19.5 Å². The molecule has 1 aliphatic heterocycles. The molecule has 0 saturated heterocycles. The molecule has 1 aliphatic rings. The van der Waals surface area contributed by atoms with Crippen LogP contribution in [-0.2, 0) is 14.4 Å². The molecule has 2 rings (SSSR count). The Morgan fingerprint density at radius 1 is 0.946 bits per heavy atom. The SMILES string of the molecule is CN(C)c1ccc2c(c1)OCC=C2CC(=O)NCCCCCCNC(=O)CCNC(=O)CC(C)(C)CO. The van der Waals surface area contributed by atoms with Gasteiger partial charge in [0.2, 0.25) is 17.7 Å². The van der Waals surface area contributed by atoms with Gasteiger partial charge in [-0.3, -0.25) is 14.4 Å². The highest BCUT2D eigenvalue weighted by Crippen LogP contribution is 2.34. The lowest BCUT2D eigenvalue weighted by Crippen LogP contribution is -2.34. The van der Waals surface area contributed by atoms with Gasteiger partial charge in [-0.25, -0.2) is 0 Å². The van der Waals surface area contributed by atoms with Crippen LogP contribution < -0.4 is 25.6 Å². The number of amides is 3. The number of anilines is 1. The standard InChI is InChI=1S/C28H44N4O5/c1-28(2,20-33)19-27(36)31-15-11-25(34)29-13-7-5-6-8-14-30-26(35)17-21-12-16-37-24-18-22(32(3)4)9-10-23(21)24/h9-10,12,18,33H,5-8,11,13-17,19-20H2,1-4H3,(H,29,34)(H,30,35)(H,31,36). The number of carbonyl (C=O) groups excluding carboxylic acids is 3. The third-order valence-electron chi connectivity index (χ3n) is 6.24. The summed E-state index contributed by atoms with van der Waals surface area (Å²) in [5.41, 5.74) is 2.57. The smallest absolute Gasteiger partial charge is 0.224 e. The van der Waals surface area contributed by atoms with Gasteiger partial charge in [0.25, 0.3) is 0 Å². The van der Waals surface area contributed by atoms with Crippen LogP contribution in [0.25, 0.3) is 5.57 Å². The summed E-state index contributed by atoms with van der Waals surface area (Å²) in [6.07, 6.45) is 6.47.